The summed E-state index contributed by atoms with van der Waals surface area (Å²) in [4.78, 5) is 23.8. The van der Waals surface area contributed by atoms with Crippen molar-refractivity contribution in [1.29, 1.82) is 0 Å². The van der Waals surface area contributed by atoms with Crippen LogP contribution in [0, 0.1) is 5.82 Å². The topological polar surface area (TPSA) is 55.4 Å². The number of nitrogens with one attached hydrogen (secondary N) is 1. The zero-order chi connectivity index (χ0) is 18.4. The third-order valence-corrected chi connectivity index (χ3v) is 3.74. The van der Waals surface area contributed by atoms with Gasteiger partial charge in [0.25, 0.3) is 5.91 Å². The van der Waals surface area contributed by atoms with Gasteiger partial charge in [0.2, 0.25) is 0 Å². The van der Waals surface area contributed by atoms with E-state index in [1.165, 1.54) is 31.2 Å². The van der Waals surface area contributed by atoms with E-state index >= 15 is 0 Å². The van der Waals surface area contributed by atoms with Gasteiger partial charge in [-0.05, 0) is 49.4 Å². The molecule has 0 saturated heterocycles. The molecule has 0 aliphatic rings. The van der Waals surface area contributed by atoms with Gasteiger partial charge in [-0.3, -0.25) is 4.79 Å². The van der Waals surface area contributed by atoms with Crippen molar-refractivity contribution in [2.45, 2.75) is 13.0 Å². The Morgan fingerprint density at radius 1 is 1.16 bits per heavy atom. The van der Waals surface area contributed by atoms with Crippen molar-refractivity contribution in [1.82, 2.24) is 0 Å². The van der Waals surface area contributed by atoms with E-state index < -0.39 is 23.8 Å². The van der Waals surface area contributed by atoms with Crippen molar-refractivity contribution in [3.8, 4) is 0 Å². The first-order chi connectivity index (χ1) is 11.9. The van der Waals surface area contributed by atoms with Gasteiger partial charge in [0, 0.05) is 22.3 Å². The molecule has 2 rings (SSSR count). The van der Waals surface area contributed by atoms with E-state index in [2.05, 4.69) is 5.32 Å². The number of anilines is 1. The predicted molar refractivity (Wildman–Crippen MR) is 96.1 cm³/mol. The summed E-state index contributed by atoms with van der Waals surface area (Å²) >= 11 is 11.6. The van der Waals surface area contributed by atoms with E-state index in [-0.39, 0.29) is 10.6 Å². The van der Waals surface area contributed by atoms with E-state index in [0.717, 1.165) is 6.08 Å². The molecule has 0 radical (unpaired) electrons. The minimum atomic E-state index is -1.04. The van der Waals surface area contributed by atoms with Crippen LogP contribution in [0.3, 0.4) is 0 Å². The summed E-state index contributed by atoms with van der Waals surface area (Å²) in [5.74, 6) is -1.86. The lowest BCUT2D eigenvalue weighted by atomic mass is 10.2. The van der Waals surface area contributed by atoms with Crippen molar-refractivity contribution in [2.24, 2.45) is 0 Å². The minimum absolute atomic E-state index is 0.0689. The highest BCUT2D eigenvalue weighted by molar-refractivity contribution is 6.32. The van der Waals surface area contributed by atoms with Gasteiger partial charge in [0.05, 0.1) is 5.02 Å². The monoisotopic (exact) mass is 381 g/mol. The number of esters is 1. The Morgan fingerprint density at radius 3 is 2.48 bits per heavy atom. The first-order valence-corrected chi connectivity index (χ1v) is 8.01. The molecule has 2 aromatic carbocycles. The lowest BCUT2D eigenvalue weighted by molar-refractivity contribution is -0.148. The average molecular weight is 382 g/mol. The summed E-state index contributed by atoms with van der Waals surface area (Å²) in [5.41, 5.74) is 0.588. The van der Waals surface area contributed by atoms with Crippen LogP contribution in [-0.4, -0.2) is 18.0 Å². The normalized spacial score (nSPS) is 12.0. The molecule has 7 heteroatoms. The largest absolute Gasteiger partial charge is 0.449 e. The summed E-state index contributed by atoms with van der Waals surface area (Å²) in [6, 6.07) is 10.7. The van der Waals surface area contributed by atoms with Crippen LogP contribution >= 0.6 is 23.2 Å². The van der Waals surface area contributed by atoms with Crippen LogP contribution in [0.1, 0.15) is 12.5 Å². The molecule has 2 aromatic rings. The van der Waals surface area contributed by atoms with E-state index in [4.69, 9.17) is 27.9 Å². The highest BCUT2D eigenvalue weighted by atomic mass is 35.5. The fraction of sp³-hybridized carbons (Fsp3) is 0.111. The first kappa shape index (κ1) is 19.0. The standard InChI is InChI=1S/C18H14Cl2FNO3/c1-11(18(24)22-13-7-5-12(19)6-8-13)25-17(23)10-9-14-15(20)3-2-4-16(14)21/h2-11H,1H3,(H,22,24)/b10-9+/t11-/m0/s1. The Balaban J connectivity index is 1.94. The average Bonchev–Trinajstić information content (AvgIpc) is 2.56. The quantitative estimate of drug-likeness (QED) is 0.602. The fourth-order valence-electron chi connectivity index (χ4n) is 1.87. The molecular weight excluding hydrogens is 368 g/mol. The smallest absolute Gasteiger partial charge is 0.331 e. The maximum absolute atomic E-state index is 13.6. The lowest BCUT2D eigenvalue weighted by Crippen LogP contribution is -2.29. The van der Waals surface area contributed by atoms with E-state index in [1.54, 1.807) is 24.3 Å². The van der Waals surface area contributed by atoms with Crippen molar-refractivity contribution in [3.63, 3.8) is 0 Å². The molecule has 0 unspecified atom stereocenters. The molecule has 1 atom stereocenters. The van der Waals surface area contributed by atoms with Crippen LogP contribution in [-0.2, 0) is 14.3 Å². The molecule has 0 heterocycles. The van der Waals surface area contributed by atoms with Crippen LogP contribution in [0.5, 0.6) is 0 Å². The Kier molecular flexibility index (Phi) is 6.56. The molecular formula is C18H14Cl2FNO3. The fourth-order valence-corrected chi connectivity index (χ4v) is 2.22. The van der Waals surface area contributed by atoms with Gasteiger partial charge in [-0.2, -0.15) is 0 Å². The second-order valence-corrected chi connectivity index (χ2v) is 5.89. The van der Waals surface area contributed by atoms with Crippen molar-refractivity contribution >= 4 is 46.8 Å². The third-order valence-electron chi connectivity index (χ3n) is 3.16. The highest BCUT2D eigenvalue weighted by Crippen LogP contribution is 2.20. The maximum Gasteiger partial charge on any atom is 0.331 e. The summed E-state index contributed by atoms with van der Waals surface area (Å²) < 4.78 is 18.6. The Bertz CT molecular complexity index is 786. The number of rotatable bonds is 5. The number of hydrogen-bond acceptors (Lipinski definition) is 3. The lowest BCUT2D eigenvalue weighted by Gasteiger charge is -2.12. The molecule has 25 heavy (non-hydrogen) atoms. The number of halogens is 3. The van der Waals surface area contributed by atoms with E-state index in [1.807, 2.05) is 0 Å². The molecule has 130 valence electrons. The molecule has 1 amide bonds. The molecule has 4 nitrogen and oxygen atoms in total. The SMILES string of the molecule is C[C@H](OC(=O)/C=C/c1c(F)cccc1Cl)C(=O)Nc1ccc(Cl)cc1. The predicted octanol–water partition coefficient (Wildman–Crippen LogP) is 4.72. The van der Waals surface area contributed by atoms with Crippen LogP contribution in [0.2, 0.25) is 10.0 Å². The number of amides is 1. The molecule has 0 aromatic heterocycles. The first-order valence-electron chi connectivity index (χ1n) is 7.26. The zero-order valence-corrected chi connectivity index (χ0v) is 14.6. The number of carbonyl (C=O) groups is 2. The summed E-state index contributed by atoms with van der Waals surface area (Å²) in [6.07, 6.45) is 1.17. The minimum Gasteiger partial charge on any atom is -0.449 e. The van der Waals surface area contributed by atoms with Crippen LogP contribution < -0.4 is 5.32 Å². The van der Waals surface area contributed by atoms with E-state index in [0.29, 0.717) is 10.7 Å². The molecule has 0 bridgehead atoms. The maximum atomic E-state index is 13.6. The Labute approximate surface area is 154 Å². The van der Waals surface area contributed by atoms with Gasteiger partial charge in [-0.15, -0.1) is 0 Å². The number of carbonyl (C=O) groups excluding carboxylic acids is 2. The Hall–Kier alpha value is -2.37. The van der Waals surface area contributed by atoms with Gasteiger partial charge >= 0.3 is 5.97 Å². The van der Waals surface area contributed by atoms with E-state index in [9.17, 15) is 14.0 Å². The second kappa shape index (κ2) is 8.65. The van der Waals surface area contributed by atoms with Gasteiger partial charge < -0.3 is 10.1 Å². The van der Waals surface area contributed by atoms with Gasteiger partial charge in [-0.1, -0.05) is 29.3 Å². The molecule has 1 N–H and O–H groups in total. The van der Waals surface area contributed by atoms with Gasteiger partial charge in [-0.25, -0.2) is 9.18 Å². The molecule has 0 spiro atoms. The molecule has 0 aliphatic heterocycles. The van der Waals surface area contributed by atoms with Gasteiger partial charge in [0.1, 0.15) is 5.82 Å². The van der Waals surface area contributed by atoms with Crippen molar-refractivity contribution in [2.75, 3.05) is 5.32 Å². The molecule has 0 saturated carbocycles. The second-order valence-electron chi connectivity index (χ2n) is 5.04. The molecule has 0 fully saturated rings. The van der Waals surface area contributed by atoms with Gasteiger partial charge in [0.15, 0.2) is 6.10 Å². The molecule has 0 aliphatic carbocycles. The van der Waals surface area contributed by atoms with Crippen LogP contribution in [0.4, 0.5) is 10.1 Å². The Morgan fingerprint density at radius 2 is 1.84 bits per heavy atom. The van der Waals surface area contributed by atoms with Crippen molar-refractivity contribution in [3.05, 3.63) is 70.0 Å². The summed E-state index contributed by atoms with van der Waals surface area (Å²) in [6.45, 7) is 1.42. The highest BCUT2D eigenvalue weighted by Gasteiger charge is 2.17. The third kappa shape index (κ3) is 5.59. The van der Waals surface area contributed by atoms with Crippen LogP contribution in [0.25, 0.3) is 6.08 Å². The van der Waals surface area contributed by atoms with Crippen molar-refractivity contribution < 1.29 is 18.7 Å². The number of hydrogen-bond donors (Lipinski definition) is 1. The van der Waals surface area contributed by atoms with Crippen LogP contribution in [0.15, 0.2) is 48.5 Å². The zero-order valence-electron chi connectivity index (χ0n) is 13.1. The summed E-state index contributed by atoms with van der Waals surface area (Å²) in [7, 11) is 0. The summed E-state index contributed by atoms with van der Waals surface area (Å²) in [5, 5.41) is 3.29. The number of ether oxygens (including phenoxy) is 1. The number of benzene rings is 2.